The lowest BCUT2D eigenvalue weighted by atomic mass is 10.2. The summed E-state index contributed by atoms with van der Waals surface area (Å²) in [5.74, 6) is 0.756. The van der Waals surface area contributed by atoms with E-state index in [2.05, 4.69) is 4.99 Å². The number of urea groups is 1. The van der Waals surface area contributed by atoms with Gasteiger partial charge in [0.1, 0.15) is 5.84 Å². The number of halogens is 1. The van der Waals surface area contributed by atoms with Crippen LogP contribution < -0.4 is 4.90 Å². The standard InChI is InChI=1S/C16H20ClN3O/c1-4-19(5-2)16(21)18-15-10-12(3)11-20(15)14-8-6-13(17)7-9-14/h6-9,11H,4-5,10H2,1-3H3. The third kappa shape index (κ3) is 3.64. The van der Waals surface area contributed by atoms with E-state index >= 15 is 0 Å². The molecule has 2 rings (SSSR count). The molecular formula is C16H20ClN3O. The Hall–Kier alpha value is -1.81. The molecule has 112 valence electrons. The number of rotatable bonds is 3. The average Bonchev–Trinajstić information content (AvgIpc) is 2.81. The molecule has 1 aliphatic heterocycles. The van der Waals surface area contributed by atoms with Gasteiger partial charge in [-0.15, -0.1) is 0 Å². The molecule has 0 unspecified atom stereocenters. The maximum absolute atomic E-state index is 12.2. The van der Waals surface area contributed by atoms with Crippen LogP contribution in [-0.4, -0.2) is 29.9 Å². The Labute approximate surface area is 130 Å². The van der Waals surface area contributed by atoms with Gasteiger partial charge in [0.05, 0.1) is 0 Å². The Morgan fingerprint density at radius 2 is 1.90 bits per heavy atom. The van der Waals surface area contributed by atoms with Crippen molar-refractivity contribution < 1.29 is 4.79 Å². The molecule has 0 saturated heterocycles. The summed E-state index contributed by atoms with van der Waals surface area (Å²) in [7, 11) is 0. The van der Waals surface area contributed by atoms with E-state index in [1.165, 1.54) is 5.57 Å². The van der Waals surface area contributed by atoms with Crippen molar-refractivity contribution in [2.75, 3.05) is 18.0 Å². The third-order valence-corrected chi connectivity index (χ3v) is 3.68. The van der Waals surface area contributed by atoms with Crippen LogP contribution in [0.15, 0.2) is 41.0 Å². The molecular weight excluding hydrogens is 286 g/mol. The molecule has 0 aliphatic carbocycles. The number of benzene rings is 1. The van der Waals surface area contributed by atoms with E-state index in [0.29, 0.717) is 24.5 Å². The number of aliphatic imine (C=N–C) groups is 1. The van der Waals surface area contributed by atoms with Crippen molar-refractivity contribution in [2.45, 2.75) is 27.2 Å². The summed E-state index contributed by atoms with van der Waals surface area (Å²) in [5, 5.41) is 0.691. The van der Waals surface area contributed by atoms with Crippen LogP contribution in [0.5, 0.6) is 0 Å². The van der Waals surface area contributed by atoms with Gasteiger partial charge in [-0.05, 0) is 50.6 Å². The molecule has 1 heterocycles. The first-order valence-electron chi connectivity index (χ1n) is 7.13. The molecule has 21 heavy (non-hydrogen) atoms. The molecule has 0 atom stereocenters. The first-order valence-corrected chi connectivity index (χ1v) is 7.51. The monoisotopic (exact) mass is 305 g/mol. The van der Waals surface area contributed by atoms with Crippen LogP contribution >= 0.6 is 11.6 Å². The van der Waals surface area contributed by atoms with Crippen molar-refractivity contribution in [3.8, 4) is 0 Å². The number of carbonyl (C=O) groups is 1. The van der Waals surface area contributed by atoms with E-state index in [1.54, 1.807) is 4.90 Å². The Morgan fingerprint density at radius 3 is 2.48 bits per heavy atom. The SMILES string of the molecule is CCN(CC)C(=O)N=C1CC(C)=CN1c1ccc(Cl)cc1. The highest BCUT2D eigenvalue weighted by molar-refractivity contribution is 6.30. The van der Waals surface area contributed by atoms with Crippen molar-refractivity contribution in [3.05, 3.63) is 41.1 Å². The van der Waals surface area contributed by atoms with Crippen molar-refractivity contribution in [1.82, 2.24) is 4.90 Å². The minimum atomic E-state index is -0.183. The summed E-state index contributed by atoms with van der Waals surface area (Å²) in [5.41, 5.74) is 2.14. The largest absolute Gasteiger partial charge is 0.345 e. The van der Waals surface area contributed by atoms with Crippen LogP contribution in [0.4, 0.5) is 10.5 Å². The fourth-order valence-electron chi connectivity index (χ4n) is 2.27. The van der Waals surface area contributed by atoms with Gasteiger partial charge in [-0.1, -0.05) is 11.6 Å². The van der Waals surface area contributed by atoms with Gasteiger partial charge in [0, 0.05) is 36.4 Å². The molecule has 0 bridgehead atoms. The molecule has 1 aromatic carbocycles. The van der Waals surface area contributed by atoms with E-state index in [-0.39, 0.29) is 6.03 Å². The summed E-state index contributed by atoms with van der Waals surface area (Å²) >= 11 is 5.92. The minimum Gasteiger partial charge on any atom is -0.323 e. The second kappa shape index (κ2) is 6.76. The molecule has 4 nitrogen and oxygen atoms in total. The van der Waals surface area contributed by atoms with Crippen LogP contribution in [0.3, 0.4) is 0 Å². The summed E-state index contributed by atoms with van der Waals surface area (Å²) in [6.45, 7) is 7.28. The number of nitrogens with zero attached hydrogens (tertiary/aromatic N) is 3. The zero-order valence-electron chi connectivity index (χ0n) is 12.6. The van der Waals surface area contributed by atoms with Gasteiger partial charge in [0.25, 0.3) is 0 Å². The summed E-state index contributed by atoms with van der Waals surface area (Å²) < 4.78 is 0. The van der Waals surface area contributed by atoms with Crippen LogP contribution in [0.2, 0.25) is 5.02 Å². The van der Waals surface area contributed by atoms with Crippen molar-refractivity contribution in [2.24, 2.45) is 4.99 Å². The molecule has 0 N–H and O–H groups in total. The number of amidine groups is 1. The van der Waals surface area contributed by atoms with Crippen molar-refractivity contribution >= 4 is 29.2 Å². The minimum absolute atomic E-state index is 0.183. The summed E-state index contributed by atoms with van der Waals surface area (Å²) in [6, 6.07) is 7.34. The first-order chi connectivity index (χ1) is 10.0. The highest BCUT2D eigenvalue weighted by Gasteiger charge is 2.21. The molecule has 0 spiro atoms. The maximum atomic E-state index is 12.2. The van der Waals surface area contributed by atoms with Gasteiger partial charge in [-0.3, -0.25) is 0 Å². The molecule has 1 aliphatic rings. The van der Waals surface area contributed by atoms with Gasteiger partial charge in [0.2, 0.25) is 0 Å². The second-order valence-corrected chi connectivity index (χ2v) is 5.42. The fourth-order valence-corrected chi connectivity index (χ4v) is 2.39. The highest BCUT2D eigenvalue weighted by atomic mass is 35.5. The number of amides is 2. The second-order valence-electron chi connectivity index (χ2n) is 4.98. The lowest BCUT2D eigenvalue weighted by Gasteiger charge is -2.20. The van der Waals surface area contributed by atoms with Gasteiger partial charge >= 0.3 is 6.03 Å². The Kier molecular flexibility index (Phi) is 5.02. The van der Waals surface area contributed by atoms with E-state index in [9.17, 15) is 4.79 Å². The van der Waals surface area contributed by atoms with Crippen LogP contribution in [0, 0.1) is 0 Å². The van der Waals surface area contributed by atoms with Gasteiger partial charge in [-0.2, -0.15) is 4.99 Å². The van der Waals surface area contributed by atoms with E-state index in [1.807, 2.05) is 56.1 Å². The average molecular weight is 306 g/mol. The van der Waals surface area contributed by atoms with E-state index in [0.717, 1.165) is 11.5 Å². The first kappa shape index (κ1) is 15.6. The molecule has 2 amide bonds. The lowest BCUT2D eigenvalue weighted by Crippen LogP contribution is -2.30. The lowest BCUT2D eigenvalue weighted by molar-refractivity contribution is 0.213. The van der Waals surface area contributed by atoms with Crippen molar-refractivity contribution in [1.29, 1.82) is 0 Å². The molecule has 0 saturated carbocycles. The maximum Gasteiger partial charge on any atom is 0.345 e. The van der Waals surface area contributed by atoms with Crippen LogP contribution in [0.1, 0.15) is 27.2 Å². The molecule has 0 radical (unpaired) electrons. The van der Waals surface area contributed by atoms with Crippen LogP contribution in [-0.2, 0) is 0 Å². The summed E-state index contributed by atoms with van der Waals surface area (Å²) in [6.07, 6.45) is 2.70. The van der Waals surface area contributed by atoms with Crippen LogP contribution in [0.25, 0.3) is 0 Å². The number of anilines is 1. The van der Waals surface area contributed by atoms with E-state index in [4.69, 9.17) is 11.6 Å². The Balaban J connectivity index is 2.27. The number of carbonyl (C=O) groups excluding carboxylic acids is 1. The van der Waals surface area contributed by atoms with Crippen molar-refractivity contribution in [3.63, 3.8) is 0 Å². The molecule has 0 fully saturated rings. The smallest absolute Gasteiger partial charge is 0.323 e. The molecule has 5 heteroatoms. The predicted molar refractivity (Wildman–Crippen MR) is 88.1 cm³/mol. The number of hydrogen-bond donors (Lipinski definition) is 0. The Bertz CT molecular complexity index is 574. The topological polar surface area (TPSA) is 35.9 Å². The Morgan fingerprint density at radius 1 is 1.29 bits per heavy atom. The van der Waals surface area contributed by atoms with Gasteiger partial charge in [0.15, 0.2) is 0 Å². The number of hydrogen-bond acceptors (Lipinski definition) is 1. The predicted octanol–water partition coefficient (Wildman–Crippen LogP) is 4.31. The highest BCUT2D eigenvalue weighted by Crippen LogP contribution is 2.26. The quantitative estimate of drug-likeness (QED) is 0.834. The fraction of sp³-hybridized carbons (Fsp3) is 0.375. The normalized spacial score (nSPS) is 16.3. The van der Waals surface area contributed by atoms with E-state index < -0.39 is 0 Å². The third-order valence-electron chi connectivity index (χ3n) is 3.43. The zero-order valence-corrected chi connectivity index (χ0v) is 13.4. The molecule has 0 aromatic heterocycles. The zero-order chi connectivity index (χ0) is 15.4. The van der Waals surface area contributed by atoms with Gasteiger partial charge < -0.3 is 9.80 Å². The summed E-state index contributed by atoms with van der Waals surface area (Å²) in [4.78, 5) is 20.1. The molecule has 1 aromatic rings. The van der Waals surface area contributed by atoms with Gasteiger partial charge in [-0.25, -0.2) is 4.79 Å².